The van der Waals surface area contributed by atoms with Crippen LogP contribution in [-0.4, -0.2) is 118 Å². The van der Waals surface area contributed by atoms with E-state index in [1.807, 2.05) is 4.90 Å². The fourth-order valence-corrected chi connectivity index (χ4v) is 7.17. The summed E-state index contributed by atoms with van der Waals surface area (Å²) in [5.74, 6) is -2.92. The number of ether oxygens (including phenoxy) is 1. The van der Waals surface area contributed by atoms with Crippen LogP contribution in [0.3, 0.4) is 0 Å². The first-order valence-corrected chi connectivity index (χ1v) is 17.3. The number of piperazine rings is 1. The summed E-state index contributed by atoms with van der Waals surface area (Å²) >= 11 is 6.53. The number of carbonyl (C=O) groups excluding carboxylic acids is 3. The summed E-state index contributed by atoms with van der Waals surface area (Å²) in [7, 11) is 5.23. The Balaban J connectivity index is 1.09. The van der Waals surface area contributed by atoms with Gasteiger partial charge in [0, 0.05) is 81.2 Å². The van der Waals surface area contributed by atoms with E-state index in [4.69, 9.17) is 16.3 Å². The van der Waals surface area contributed by atoms with Gasteiger partial charge in [-0.25, -0.2) is 13.8 Å². The van der Waals surface area contributed by atoms with Gasteiger partial charge in [0.15, 0.2) is 24.0 Å². The van der Waals surface area contributed by atoms with E-state index in [-0.39, 0.29) is 45.0 Å². The molecule has 4 heterocycles. The third-order valence-corrected chi connectivity index (χ3v) is 10.3. The fourth-order valence-electron chi connectivity index (χ4n) is 6.91. The lowest BCUT2D eigenvalue weighted by Gasteiger charge is -2.37. The molecule has 2 saturated heterocycles. The van der Waals surface area contributed by atoms with Crippen LogP contribution in [0, 0.1) is 18.6 Å². The van der Waals surface area contributed by atoms with E-state index in [9.17, 15) is 14.4 Å². The lowest BCUT2D eigenvalue weighted by molar-refractivity contribution is -0.890. The monoisotopic (exact) mass is 723 g/mol. The number of hydrogen-bond donors (Lipinski definition) is 1. The number of methoxy groups -OCH3 is 1. The number of benzene rings is 2. The quantitative estimate of drug-likeness (QED) is 0.239. The maximum atomic E-state index is 15.5. The standard InChI is InChI=1S/C36H41ClF2N8O4/c1-23-28(20-41-46(23)15-18-51-4)25-9-10-27(33(39)32(25)38)30-21-40-34(43(30)2)35(49)42-24-7-8-26(29(37)19-24)36(50)45-13-11-44(12-14-45)31(48)22-47(3)16-5-6-17-47/h7-10,19-21H,5-6,11-18,22H2,1-4H3/p+1. The summed E-state index contributed by atoms with van der Waals surface area (Å²) in [5, 5.41) is 7.14. The van der Waals surface area contributed by atoms with Crippen molar-refractivity contribution in [1.82, 2.24) is 29.1 Å². The maximum Gasteiger partial charge on any atom is 0.291 e. The fraction of sp³-hybridized carbons (Fsp3) is 0.417. The Labute approximate surface area is 300 Å². The van der Waals surface area contributed by atoms with E-state index >= 15 is 8.78 Å². The van der Waals surface area contributed by atoms with Crippen LogP contribution in [0.5, 0.6) is 0 Å². The predicted molar refractivity (Wildman–Crippen MR) is 188 cm³/mol. The third-order valence-electron chi connectivity index (χ3n) is 9.99. The number of likely N-dealkylation sites (tertiary alicyclic amines) is 1. The zero-order valence-corrected chi connectivity index (χ0v) is 30.0. The molecule has 12 nitrogen and oxygen atoms in total. The van der Waals surface area contributed by atoms with Crippen LogP contribution in [0.25, 0.3) is 22.4 Å². The smallest absolute Gasteiger partial charge is 0.291 e. The number of aromatic nitrogens is 4. The average Bonchev–Trinajstić information content (AvgIpc) is 3.82. The molecule has 1 N–H and O–H groups in total. The second-order valence-corrected chi connectivity index (χ2v) is 13.8. The number of nitrogens with zero attached hydrogens (tertiary/aromatic N) is 7. The van der Waals surface area contributed by atoms with Crippen molar-refractivity contribution in [3.8, 4) is 22.4 Å². The minimum Gasteiger partial charge on any atom is -0.383 e. The van der Waals surface area contributed by atoms with E-state index in [0.717, 1.165) is 30.4 Å². The molecule has 0 radical (unpaired) electrons. The van der Waals surface area contributed by atoms with Crippen LogP contribution in [0.4, 0.5) is 14.5 Å². The van der Waals surface area contributed by atoms with Gasteiger partial charge in [-0.15, -0.1) is 0 Å². The first kappa shape index (κ1) is 36.1. The second kappa shape index (κ2) is 14.9. The Morgan fingerprint density at radius 1 is 0.961 bits per heavy atom. The molecule has 2 aromatic carbocycles. The molecule has 2 aliphatic rings. The highest BCUT2D eigenvalue weighted by atomic mass is 35.5. The molecule has 6 rings (SSSR count). The van der Waals surface area contributed by atoms with Crippen LogP contribution in [0.2, 0.25) is 5.02 Å². The van der Waals surface area contributed by atoms with E-state index < -0.39 is 17.5 Å². The van der Waals surface area contributed by atoms with Gasteiger partial charge >= 0.3 is 0 Å². The normalized spacial score (nSPS) is 15.7. The minimum absolute atomic E-state index is 0.0476. The summed E-state index contributed by atoms with van der Waals surface area (Å²) < 4.78 is 39.8. The van der Waals surface area contributed by atoms with Crippen molar-refractivity contribution in [3.05, 3.63) is 76.5 Å². The van der Waals surface area contributed by atoms with E-state index in [2.05, 4.69) is 22.4 Å². The molecule has 0 saturated carbocycles. The van der Waals surface area contributed by atoms with Crippen molar-refractivity contribution < 1.29 is 32.4 Å². The highest BCUT2D eigenvalue weighted by Crippen LogP contribution is 2.33. The molecule has 0 aliphatic carbocycles. The number of quaternary nitrogens is 1. The van der Waals surface area contributed by atoms with Gasteiger partial charge in [0.2, 0.25) is 0 Å². The number of likely N-dealkylation sites (N-methyl/N-ethyl adjacent to an activating group) is 1. The Hall–Kier alpha value is -4.66. The molecule has 0 atom stereocenters. The molecule has 15 heteroatoms. The molecule has 2 aliphatic heterocycles. The number of rotatable bonds is 10. The van der Waals surface area contributed by atoms with Gasteiger partial charge < -0.3 is 28.9 Å². The van der Waals surface area contributed by atoms with Crippen molar-refractivity contribution in [2.24, 2.45) is 7.05 Å². The van der Waals surface area contributed by atoms with Crippen molar-refractivity contribution in [2.45, 2.75) is 26.3 Å². The maximum absolute atomic E-state index is 15.5. The molecule has 51 heavy (non-hydrogen) atoms. The Kier molecular flexibility index (Phi) is 10.6. The lowest BCUT2D eigenvalue weighted by atomic mass is 10.0. The largest absolute Gasteiger partial charge is 0.383 e. The van der Waals surface area contributed by atoms with Crippen LogP contribution in [0.15, 0.2) is 42.7 Å². The average molecular weight is 724 g/mol. The molecule has 0 spiro atoms. The number of carbonyl (C=O) groups is 3. The van der Waals surface area contributed by atoms with Gasteiger partial charge in [0.25, 0.3) is 17.7 Å². The number of amides is 3. The summed E-state index contributed by atoms with van der Waals surface area (Å²) in [5.41, 5.74) is 1.94. The van der Waals surface area contributed by atoms with Crippen LogP contribution < -0.4 is 5.32 Å². The van der Waals surface area contributed by atoms with Gasteiger partial charge in [-0.05, 0) is 31.2 Å². The Bertz CT molecular complexity index is 1960. The van der Waals surface area contributed by atoms with Crippen LogP contribution in [0.1, 0.15) is 39.5 Å². The van der Waals surface area contributed by atoms with E-state index in [0.29, 0.717) is 62.8 Å². The lowest BCUT2D eigenvalue weighted by Crippen LogP contribution is -2.55. The van der Waals surface area contributed by atoms with Gasteiger partial charge in [0.1, 0.15) is 0 Å². The first-order valence-electron chi connectivity index (χ1n) is 16.9. The molecule has 0 bridgehead atoms. The molecule has 270 valence electrons. The predicted octanol–water partition coefficient (Wildman–Crippen LogP) is 4.61. The molecular weight excluding hydrogens is 682 g/mol. The van der Waals surface area contributed by atoms with Gasteiger partial charge in [-0.2, -0.15) is 5.10 Å². The van der Waals surface area contributed by atoms with Gasteiger partial charge in [-0.3, -0.25) is 19.1 Å². The van der Waals surface area contributed by atoms with E-state index in [1.165, 1.54) is 42.2 Å². The van der Waals surface area contributed by atoms with Crippen molar-refractivity contribution in [1.29, 1.82) is 0 Å². The number of anilines is 1. The topological polar surface area (TPSA) is 115 Å². The number of halogens is 3. The van der Waals surface area contributed by atoms with Crippen LogP contribution >= 0.6 is 11.6 Å². The Morgan fingerprint density at radius 3 is 2.31 bits per heavy atom. The van der Waals surface area contributed by atoms with Gasteiger partial charge in [-0.1, -0.05) is 17.7 Å². The second-order valence-electron chi connectivity index (χ2n) is 13.4. The van der Waals surface area contributed by atoms with E-state index in [1.54, 1.807) is 35.7 Å². The zero-order valence-electron chi connectivity index (χ0n) is 29.2. The Morgan fingerprint density at radius 2 is 1.63 bits per heavy atom. The number of imidazole rings is 1. The summed E-state index contributed by atoms with van der Waals surface area (Å²) in [6.45, 7) is 6.91. The molecule has 2 fully saturated rings. The summed E-state index contributed by atoms with van der Waals surface area (Å²) in [6.07, 6.45) is 5.08. The molecule has 4 aromatic rings. The van der Waals surface area contributed by atoms with Crippen LogP contribution in [-0.2, 0) is 23.1 Å². The van der Waals surface area contributed by atoms with Crippen molar-refractivity contribution in [2.75, 3.05) is 71.9 Å². The summed E-state index contributed by atoms with van der Waals surface area (Å²) in [4.78, 5) is 47.2. The molecular formula is C36H42ClF2N8O4+. The SMILES string of the molecule is COCCn1ncc(-c2ccc(-c3cnc(C(=O)Nc4ccc(C(=O)N5CCN(C(=O)C[N+]6(C)CCCC6)CC5)c(Cl)c4)n3C)c(F)c2F)c1C. The highest BCUT2D eigenvalue weighted by Gasteiger charge is 2.33. The molecule has 0 unspecified atom stereocenters. The van der Waals surface area contributed by atoms with Crippen molar-refractivity contribution in [3.63, 3.8) is 0 Å². The molecule has 2 aromatic heterocycles. The van der Waals surface area contributed by atoms with Gasteiger partial charge in [0.05, 0.1) is 62.0 Å². The first-order chi connectivity index (χ1) is 24.4. The minimum atomic E-state index is -1.08. The highest BCUT2D eigenvalue weighted by molar-refractivity contribution is 6.34. The zero-order chi connectivity index (χ0) is 36.4. The third kappa shape index (κ3) is 7.39. The number of hydrogen-bond acceptors (Lipinski definition) is 6. The summed E-state index contributed by atoms with van der Waals surface area (Å²) in [6, 6.07) is 7.51. The molecule has 3 amide bonds. The number of nitrogens with one attached hydrogen (secondary N) is 1. The van der Waals surface area contributed by atoms with Crippen molar-refractivity contribution >= 4 is 35.0 Å².